The number of hydrogen-bond donors (Lipinski definition) is 1. The minimum Gasteiger partial charge on any atom is -0.464 e. The minimum absolute atomic E-state index is 0.0566. The van der Waals surface area contributed by atoms with Crippen molar-refractivity contribution in [3.05, 3.63) is 23.7 Å². The van der Waals surface area contributed by atoms with Gasteiger partial charge in [0.1, 0.15) is 11.5 Å². The molecular weight excluding hydrogens is 250 g/mol. The van der Waals surface area contributed by atoms with Gasteiger partial charge in [-0.2, -0.15) is 0 Å². The number of hydrogen-bond acceptors (Lipinski definition) is 4. The van der Waals surface area contributed by atoms with E-state index in [1.165, 1.54) is 0 Å². The van der Waals surface area contributed by atoms with Crippen LogP contribution in [-0.2, 0) is 16.3 Å². The van der Waals surface area contributed by atoms with E-state index in [-0.39, 0.29) is 11.3 Å². The van der Waals surface area contributed by atoms with Crippen LogP contribution in [0.15, 0.2) is 16.5 Å². The summed E-state index contributed by atoms with van der Waals surface area (Å²) in [6.07, 6.45) is 2.45. The zero-order valence-corrected chi connectivity index (χ0v) is 11.8. The number of furan rings is 1. The Bertz CT molecular complexity index is 492. The molecule has 18 heavy (non-hydrogen) atoms. The molecule has 1 aliphatic heterocycles. The SMILES string of the molecule is CCc1ccc([C@H](C)NC[C@@H]2CCCS2(=O)=O)o1. The van der Waals surface area contributed by atoms with Crippen LogP contribution >= 0.6 is 0 Å². The average molecular weight is 271 g/mol. The Morgan fingerprint density at radius 1 is 1.50 bits per heavy atom. The molecule has 5 heteroatoms. The molecule has 0 bridgehead atoms. The molecule has 0 spiro atoms. The summed E-state index contributed by atoms with van der Waals surface area (Å²) >= 11 is 0. The summed E-state index contributed by atoms with van der Waals surface area (Å²) in [5.74, 6) is 2.18. The second-order valence-corrected chi connectivity index (χ2v) is 7.32. The monoisotopic (exact) mass is 271 g/mol. The first-order valence-electron chi connectivity index (χ1n) is 6.56. The summed E-state index contributed by atoms with van der Waals surface area (Å²) in [6.45, 7) is 4.57. The molecule has 1 aromatic rings. The zero-order chi connectivity index (χ0) is 13.2. The number of aryl methyl sites for hydroxylation is 1. The van der Waals surface area contributed by atoms with E-state index in [4.69, 9.17) is 4.42 Å². The molecule has 2 heterocycles. The van der Waals surface area contributed by atoms with E-state index in [0.29, 0.717) is 12.3 Å². The Morgan fingerprint density at radius 3 is 2.83 bits per heavy atom. The molecule has 2 atom stereocenters. The first-order valence-corrected chi connectivity index (χ1v) is 8.28. The molecule has 0 unspecified atom stereocenters. The van der Waals surface area contributed by atoms with Crippen molar-refractivity contribution in [3.63, 3.8) is 0 Å². The van der Waals surface area contributed by atoms with Crippen LogP contribution in [0.4, 0.5) is 0 Å². The summed E-state index contributed by atoms with van der Waals surface area (Å²) in [4.78, 5) is 0. The van der Waals surface area contributed by atoms with Gasteiger partial charge in [0.25, 0.3) is 0 Å². The average Bonchev–Trinajstić information content (AvgIpc) is 2.92. The van der Waals surface area contributed by atoms with Crippen molar-refractivity contribution >= 4 is 9.84 Å². The number of sulfone groups is 1. The summed E-state index contributed by atoms with van der Waals surface area (Å²) < 4.78 is 29.0. The van der Waals surface area contributed by atoms with Gasteiger partial charge in [-0.25, -0.2) is 8.42 Å². The maximum absolute atomic E-state index is 11.7. The largest absolute Gasteiger partial charge is 0.464 e. The van der Waals surface area contributed by atoms with Gasteiger partial charge in [-0.05, 0) is 31.9 Å². The Morgan fingerprint density at radius 2 is 2.28 bits per heavy atom. The molecule has 0 aliphatic carbocycles. The fourth-order valence-electron chi connectivity index (χ4n) is 2.31. The van der Waals surface area contributed by atoms with E-state index in [1.54, 1.807) is 0 Å². The topological polar surface area (TPSA) is 59.3 Å². The quantitative estimate of drug-likeness (QED) is 0.890. The van der Waals surface area contributed by atoms with Crippen LogP contribution in [0.2, 0.25) is 0 Å². The van der Waals surface area contributed by atoms with Crippen LogP contribution in [0.25, 0.3) is 0 Å². The molecule has 0 radical (unpaired) electrons. The molecule has 1 aromatic heterocycles. The van der Waals surface area contributed by atoms with E-state index in [9.17, 15) is 8.42 Å². The van der Waals surface area contributed by atoms with Crippen LogP contribution in [-0.4, -0.2) is 26.0 Å². The summed E-state index contributed by atoms with van der Waals surface area (Å²) in [7, 11) is -2.86. The van der Waals surface area contributed by atoms with Crippen LogP contribution < -0.4 is 5.32 Å². The third-order valence-corrected chi connectivity index (χ3v) is 5.85. The molecule has 4 nitrogen and oxygen atoms in total. The lowest BCUT2D eigenvalue weighted by Crippen LogP contribution is -2.32. The second-order valence-electron chi connectivity index (χ2n) is 4.92. The number of rotatable bonds is 5. The Kier molecular flexibility index (Phi) is 4.12. The van der Waals surface area contributed by atoms with Gasteiger partial charge in [0.05, 0.1) is 17.0 Å². The Labute approximate surface area is 109 Å². The van der Waals surface area contributed by atoms with Crippen molar-refractivity contribution in [1.29, 1.82) is 0 Å². The fraction of sp³-hybridized carbons (Fsp3) is 0.692. The van der Waals surface area contributed by atoms with E-state index in [0.717, 1.165) is 30.8 Å². The first kappa shape index (κ1) is 13.6. The maximum Gasteiger partial charge on any atom is 0.154 e. The van der Waals surface area contributed by atoms with Gasteiger partial charge >= 0.3 is 0 Å². The second kappa shape index (κ2) is 5.45. The van der Waals surface area contributed by atoms with E-state index in [1.807, 2.05) is 26.0 Å². The van der Waals surface area contributed by atoms with Gasteiger partial charge in [0, 0.05) is 13.0 Å². The molecule has 1 saturated heterocycles. The lowest BCUT2D eigenvalue weighted by molar-refractivity contribution is 0.407. The van der Waals surface area contributed by atoms with Crippen LogP contribution in [0.5, 0.6) is 0 Å². The van der Waals surface area contributed by atoms with E-state index >= 15 is 0 Å². The zero-order valence-electron chi connectivity index (χ0n) is 11.0. The van der Waals surface area contributed by atoms with Crippen LogP contribution in [0.1, 0.15) is 44.3 Å². The Balaban J connectivity index is 1.90. The molecule has 1 aliphatic rings. The third kappa shape index (κ3) is 2.95. The van der Waals surface area contributed by atoms with Gasteiger partial charge in [0.15, 0.2) is 9.84 Å². The fourth-order valence-corrected chi connectivity index (χ4v) is 4.09. The lowest BCUT2D eigenvalue weighted by Gasteiger charge is -2.15. The van der Waals surface area contributed by atoms with Crippen molar-refractivity contribution in [1.82, 2.24) is 5.32 Å². The van der Waals surface area contributed by atoms with Gasteiger partial charge in [0.2, 0.25) is 0 Å². The molecule has 102 valence electrons. The highest BCUT2D eigenvalue weighted by Gasteiger charge is 2.31. The minimum atomic E-state index is -2.86. The maximum atomic E-state index is 11.7. The summed E-state index contributed by atoms with van der Waals surface area (Å²) in [6, 6.07) is 3.99. The predicted molar refractivity (Wildman–Crippen MR) is 71.3 cm³/mol. The van der Waals surface area contributed by atoms with Crippen molar-refractivity contribution in [2.24, 2.45) is 0 Å². The van der Waals surface area contributed by atoms with Crippen molar-refractivity contribution in [2.45, 2.75) is 44.4 Å². The third-order valence-electron chi connectivity index (χ3n) is 3.57. The Hall–Kier alpha value is -0.810. The van der Waals surface area contributed by atoms with Crippen LogP contribution in [0.3, 0.4) is 0 Å². The van der Waals surface area contributed by atoms with E-state index in [2.05, 4.69) is 5.32 Å². The molecule has 0 saturated carbocycles. The van der Waals surface area contributed by atoms with Crippen molar-refractivity contribution in [3.8, 4) is 0 Å². The number of nitrogens with one attached hydrogen (secondary N) is 1. The molecule has 1 fully saturated rings. The van der Waals surface area contributed by atoms with E-state index < -0.39 is 9.84 Å². The van der Waals surface area contributed by atoms with Crippen molar-refractivity contribution in [2.75, 3.05) is 12.3 Å². The highest BCUT2D eigenvalue weighted by Crippen LogP contribution is 2.21. The molecule has 0 amide bonds. The van der Waals surface area contributed by atoms with Gasteiger partial charge in [-0.15, -0.1) is 0 Å². The molecular formula is C13H21NO3S. The first-order chi connectivity index (χ1) is 8.53. The summed E-state index contributed by atoms with van der Waals surface area (Å²) in [5, 5.41) is 3.04. The van der Waals surface area contributed by atoms with Crippen LogP contribution in [0, 0.1) is 0 Å². The van der Waals surface area contributed by atoms with Gasteiger partial charge < -0.3 is 9.73 Å². The highest BCUT2D eigenvalue weighted by atomic mass is 32.2. The molecule has 0 aromatic carbocycles. The highest BCUT2D eigenvalue weighted by molar-refractivity contribution is 7.92. The van der Waals surface area contributed by atoms with Crippen molar-refractivity contribution < 1.29 is 12.8 Å². The summed E-state index contributed by atoms with van der Waals surface area (Å²) in [5.41, 5.74) is 0. The molecule has 1 N–H and O–H groups in total. The lowest BCUT2D eigenvalue weighted by atomic mass is 10.2. The smallest absolute Gasteiger partial charge is 0.154 e. The predicted octanol–water partition coefficient (Wildman–Crippen LogP) is 2.07. The van der Waals surface area contributed by atoms with Gasteiger partial charge in [-0.1, -0.05) is 6.92 Å². The normalized spacial score (nSPS) is 24.2. The van der Waals surface area contributed by atoms with Gasteiger partial charge in [-0.3, -0.25) is 0 Å². The molecule has 2 rings (SSSR count). The standard InChI is InChI=1S/C13H21NO3S/c1-3-11-6-7-13(17-11)10(2)14-9-12-5-4-8-18(12,15)16/h6-7,10,12,14H,3-5,8-9H2,1-2H3/t10-,12-/m0/s1.